The van der Waals surface area contributed by atoms with Crippen molar-refractivity contribution in [2.75, 3.05) is 27.3 Å². The number of hydrogen-bond donors (Lipinski definition) is 1. The molecule has 6 nitrogen and oxygen atoms in total. The van der Waals surface area contributed by atoms with Crippen LogP contribution in [-0.2, 0) is 11.2 Å². The summed E-state index contributed by atoms with van der Waals surface area (Å²) < 4.78 is 25.7. The molecule has 32 heavy (non-hydrogen) atoms. The predicted octanol–water partition coefficient (Wildman–Crippen LogP) is 3.81. The minimum Gasteiger partial charge on any atom is -0.493 e. The second-order valence-corrected chi connectivity index (χ2v) is 8.27. The first-order valence-electron chi connectivity index (χ1n) is 10.1. The summed E-state index contributed by atoms with van der Waals surface area (Å²) in [5.74, 6) is 0.0955. The summed E-state index contributed by atoms with van der Waals surface area (Å²) in [6.45, 7) is 0.208. The third-order valence-electron chi connectivity index (χ3n) is 5.54. The summed E-state index contributed by atoms with van der Waals surface area (Å²) in [7, 11) is 3.10. The van der Waals surface area contributed by atoms with E-state index in [4.69, 9.17) is 9.47 Å². The number of nitrogens with one attached hydrogen (secondary N) is 1. The van der Waals surface area contributed by atoms with E-state index in [1.54, 1.807) is 53.8 Å². The summed E-state index contributed by atoms with van der Waals surface area (Å²) >= 11 is 1.30. The standard InChI is InChI=1S/C24H23FN2O4S/c1-30-19-12-15-9-10-27(22(28)14-26-24(29)21-8-5-11-32-21)23(17(15)13-20(19)31-2)16-6-3-4-7-18(16)25/h3-8,11-13,23H,9-10,14H2,1-2H3,(H,26,29). The molecule has 166 valence electrons. The molecule has 1 aliphatic rings. The van der Waals surface area contributed by atoms with Crippen LogP contribution in [0.15, 0.2) is 53.9 Å². The van der Waals surface area contributed by atoms with Crippen LogP contribution in [0.5, 0.6) is 11.5 Å². The van der Waals surface area contributed by atoms with Gasteiger partial charge in [-0.05, 0) is 47.2 Å². The maximum Gasteiger partial charge on any atom is 0.261 e. The third-order valence-corrected chi connectivity index (χ3v) is 6.41. The Bertz CT molecular complexity index is 1130. The van der Waals surface area contributed by atoms with Gasteiger partial charge in [0.25, 0.3) is 5.91 Å². The lowest BCUT2D eigenvalue weighted by atomic mass is 9.87. The molecule has 2 aromatic carbocycles. The van der Waals surface area contributed by atoms with Crippen LogP contribution in [0.4, 0.5) is 4.39 Å². The second-order valence-electron chi connectivity index (χ2n) is 7.33. The molecule has 1 unspecified atom stereocenters. The van der Waals surface area contributed by atoms with E-state index in [0.29, 0.717) is 34.9 Å². The van der Waals surface area contributed by atoms with Crippen molar-refractivity contribution in [2.24, 2.45) is 0 Å². The molecule has 0 radical (unpaired) electrons. The van der Waals surface area contributed by atoms with Crippen LogP contribution in [-0.4, -0.2) is 44.0 Å². The largest absolute Gasteiger partial charge is 0.493 e. The summed E-state index contributed by atoms with van der Waals surface area (Å²) in [6, 6.07) is 12.9. The first kappa shape index (κ1) is 21.8. The Kier molecular flexibility index (Phi) is 6.41. The zero-order chi connectivity index (χ0) is 22.7. The quantitative estimate of drug-likeness (QED) is 0.615. The van der Waals surface area contributed by atoms with Gasteiger partial charge in [0, 0.05) is 12.1 Å². The molecular formula is C24H23FN2O4S. The Balaban J connectivity index is 1.68. The lowest BCUT2D eigenvalue weighted by molar-refractivity contribution is -0.132. The smallest absolute Gasteiger partial charge is 0.261 e. The van der Waals surface area contributed by atoms with E-state index in [2.05, 4.69) is 5.32 Å². The highest BCUT2D eigenvalue weighted by Crippen LogP contribution is 2.41. The van der Waals surface area contributed by atoms with Crippen molar-refractivity contribution in [3.8, 4) is 11.5 Å². The molecule has 2 heterocycles. The van der Waals surface area contributed by atoms with Gasteiger partial charge in [-0.3, -0.25) is 9.59 Å². The van der Waals surface area contributed by atoms with Crippen LogP contribution in [0.2, 0.25) is 0 Å². The normalized spacial score (nSPS) is 15.1. The summed E-state index contributed by atoms with van der Waals surface area (Å²) in [5, 5.41) is 4.48. The number of ether oxygens (including phenoxy) is 2. The van der Waals surface area contributed by atoms with E-state index in [9.17, 15) is 14.0 Å². The molecule has 8 heteroatoms. The highest BCUT2D eigenvalue weighted by atomic mass is 32.1. The number of carbonyl (C=O) groups excluding carboxylic acids is 2. The Morgan fingerprint density at radius 1 is 1.09 bits per heavy atom. The van der Waals surface area contributed by atoms with E-state index in [0.717, 1.165) is 11.1 Å². The van der Waals surface area contributed by atoms with Crippen molar-refractivity contribution in [3.05, 3.63) is 81.3 Å². The summed E-state index contributed by atoms with van der Waals surface area (Å²) in [6.07, 6.45) is 0.575. The minimum atomic E-state index is -0.647. The van der Waals surface area contributed by atoms with Gasteiger partial charge in [0.1, 0.15) is 5.82 Å². The maximum absolute atomic E-state index is 14.9. The molecule has 1 N–H and O–H groups in total. The molecular weight excluding hydrogens is 431 g/mol. The first-order valence-corrected chi connectivity index (χ1v) is 11.0. The molecule has 0 saturated carbocycles. The molecule has 0 fully saturated rings. The molecule has 1 atom stereocenters. The Morgan fingerprint density at radius 3 is 2.53 bits per heavy atom. The number of hydrogen-bond acceptors (Lipinski definition) is 5. The van der Waals surface area contributed by atoms with Crippen LogP contribution in [0.3, 0.4) is 0 Å². The maximum atomic E-state index is 14.9. The summed E-state index contributed by atoms with van der Waals surface area (Å²) in [4.78, 5) is 27.6. The second kappa shape index (κ2) is 9.40. The van der Waals surface area contributed by atoms with Crippen molar-refractivity contribution in [2.45, 2.75) is 12.5 Å². The first-order chi connectivity index (χ1) is 15.5. The minimum absolute atomic E-state index is 0.176. The van der Waals surface area contributed by atoms with Gasteiger partial charge in [-0.2, -0.15) is 0 Å². The zero-order valence-corrected chi connectivity index (χ0v) is 18.6. The van der Waals surface area contributed by atoms with Gasteiger partial charge in [0.05, 0.1) is 31.7 Å². The highest BCUT2D eigenvalue weighted by Gasteiger charge is 2.34. The lowest BCUT2D eigenvalue weighted by Crippen LogP contribution is -2.45. The summed E-state index contributed by atoms with van der Waals surface area (Å²) in [5.41, 5.74) is 2.12. The van der Waals surface area contributed by atoms with Crippen LogP contribution in [0.25, 0.3) is 0 Å². The number of fused-ring (bicyclic) bond motifs is 1. The van der Waals surface area contributed by atoms with Gasteiger partial charge in [-0.15, -0.1) is 11.3 Å². The number of methoxy groups -OCH3 is 2. The molecule has 3 aromatic rings. The van der Waals surface area contributed by atoms with Crippen LogP contribution < -0.4 is 14.8 Å². The fourth-order valence-electron chi connectivity index (χ4n) is 4.00. The number of thiophene rings is 1. The lowest BCUT2D eigenvalue weighted by Gasteiger charge is -2.38. The van der Waals surface area contributed by atoms with Crippen LogP contribution in [0, 0.1) is 5.82 Å². The van der Waals surface area contributed by atoms with Crippen molar-refractivity contribution >= 4 is 23.2 Å². The molecule has 1 aliphatic heterocycles. The number of rotatable bonds is 6. The van der Waals surface area contributed by atoms with E-state index in [1.807, 2.05) is 6.07 Å². The Labute approximate surface area is 189 Å². The number of halogens is 1. The third kappa shape index (κ3) is 4.18. The van der Waals surface area contributed by atoms with Gasteiger partial charge in [-0.1, -0.05) is 24.3 Å². The topological polar surface area (TPSA) is 67.9 Å². The highest BCUT2D eigenvalue weighted by molar-refractivity contribution is 7.12. The molecule has 0 bridgehead atoms. The molecule has 1 aromatic heterocycles. The van der Waals surface area contributed by atoms with Gasteiger partial charge in [-0.25, -0.2) is 4.39 Å². The van der Waals surface area contributed by atoms with E-state index in [-0.39, 0.29) is 18.4 Å². The van der Waals surface area contributed by atoms with E-state index < -0.39 is 11.9 Å². The fraction of sp³-hybridized carbons (Fsp3) is 0.250. The van der Waals surface area contributed by atoms with Gasteiger partial charge in [0.2, 0.25) is 5.91 Å². The number of nitrogens with zero attached hydrogens (tertiary/aromatic N) is 1. The van der Waals surface area contributed by atoms with Crippen LogP contribution in [0.1, 0.15) is 32.4 Å². The van der Waals surface area contributed by atoms with E-state index in [1.165, 1.54) is 24.5 Å². The van der Waals surface area contributed by atoms with Gasteiger partial charge >= 0.3 is 0 Å². The van der Waals surface area contributed by atoms with Crippen molar-refractivity contribution in [1.29, 1.82) is 0 Å². The van der Waals surface area contributed by atoms with Crippen molar-refractivity contribution in [3.63, 3.8) is 0 Å². The van der Waals surface area contributed by atoms with Crippen molar-refractivity contribution in [1.82, 2.24) is 10.2 Å². The molecule has 0 spiro atoms. The average Bonchev–Trinajstić information content (AvgIpc) is 3.36. The van der Waals surface area contributed by atoms with Crippen molar-refractivity contribution < 1.29 is 23.5 Å². The van der Waals surface area contributed by atoms with E-state index >= 15 is 0 Å². The zero-order valence-electron chi connectivity index (χ0n) is 17.8. The molecule has 0 saturated heterocycles. The number of benzene rings is 2. The SMILES string of the molecule is COc1cc2c(cc1OC)C(c1ccccc1F)N(C(=O)CNC(=O)c1cccs1)CC2. The predicted molar refractivity (Wildman–Crippen MR) is 120 cm³/mol. The molecule has 2 amide bonds. The van der Waals surface area contributed by atoms with Gasteiger partial charge in [0.15, 0.2) is 11.5 Å². The number of carbonyl (C=O) groups is 2. The Hall–Kier alpha value is -3.39. The number of amides is 2. The average molecular weight is 455 g/mol. The van der Waals surface area contributed by atoms with Crippen LogP contribution >= 0.6 is 11.3 Å². The van der Waals surface area contributed by atoms with Gasteiger partial charge < -0.3 is 19.7 Å². The fourth-order valence-corrected chi connectivity index (χ4v) is 4.64. The molecule has 0 aliphatic carbocycles. The molecule has 4 rings (SSSR count). The monoisotopic (exact) mass is 454 g/mol. The Morgan fingerprint density at radius 2 is 1.84 bits per heavy atom.